The molecule has 2 heterocycles. The molecule has 0 aromatic carbocycles. The Kier molecular flexibility index (Phi) is 6.33. The van der Waals surface area contributed by atoms with Crippen LogP contribution in [0.15, 0.2) is 24.2 Å². The second-order valence-electron chi connectivity index (χ2n) is 9.54. The molecule has 1 aromatic heterocycles. The SMILES string of the molecule is Cc1cnn(C)c1/C(N)=C/C=C(\N)OCC1CC2CN(C(=O)OC(C)(C)C)CC2C1. The first-order valence-corrected chi connectivity index (χ1v) is 10.6. The fraction of sp³-hybridized carbons (Fsp3) is 0.636. The molecular formula is C22H35N5O3. The Balaban J connectivity index is 1.46. The van der Waals surface area contributed by atoms with Gasteiger partial charge in [0, 0.05) is 20.1 Å². The molecule has 0 bridgehead atoms. The van der Waals surface area contributed by atoms with Crippen LogP contribution in [0.2, 0.25) is 0 Å². The number of nitrogens with zero attached hydrogens (tertiary/aromatic N) is 3. The highest BCUT2D eigenvalue weighted by atomic mass is 16.6. The van der Waals surface area contributed by atoms with Gasteiger partial charge in [0.15, 0.2) is 5.88 Å². The largest absolute Gasteiger partial charge is 0.479 e. The standard InChI is InChI=1S/C22H35N5O3/c1-14-10-25-26(5)20(14)18(23)6-7-19(24)29-13-15-8-16-11-27(12-17(16)9-15)21(28)30-22(2,3)4/h6-7,10,15-17H,8-9,11-13,23-24H2,1-5H3/b18-6-,19-7+. The number of carbonyl (C=O) groups is 1. The van der Waals surface area contributed by atoms with Crippen LogP contribution < -0.4 is 11.5 Å². The number of aryl methyl sites for hydroxylation is 2. The lowest BCUT2D eigenvalue weighted by atomic mass is 10.0. The molecule has 4 N–H and O–H groups in total. The summed E-state index contributed by atoms with van der Waals surface area (Å²) in [5.74, 6) is 1.83. The monoisotopic (exact) mass is 417 g/mol. The molecule has 2 atom stereocenters. The minimum atomic E-state index is -0.456. The van der Waals surface area contributed by atoms with Gasteiger partial charge < -0.3 is 25.8 Å². The van der Waals surface area contributed by atoms with Gasteiger partial charge in [-0.1, -0.05) is 0 Å². The van der Waals surface area contributed by atoms with E-state index in [-0.39, 0.29) is 6.09 Å². The molecule has 0 radical (unpaired) electrons. The quantitative estimate of drug-likeness (QED) is 0.563. The molecular weight excluding hydrogens is 382 g/mol. The summed E-state index contributed by atoms with van der Waals surface area (Å²) in [6.07, 6.45) is 7.11. The summed E-state index contributed by atoms with van der Waals surface area (Å²) in [7, 11) is 1.85. The first-order chi connectivity index (χ1) is 14.0. The Morgan fingerprint density at radius 1 is 1.23 bits per heavy atom. The van der Waals surface area contributed by atoms with Gasteiger partial charge in [0.05, 0.1) is 24.2 Å². The third-order valence-corrected chi connectivity index (χ3v) is 5.81. The molecule has 30 heavy (non-hydrogen) atoms. The molecule has 1 saturated heterocycles. The average Bonchev–Trinajstić information content (AvgIpc) is 3.29. The number of ether oxygens (including phenoxy) is 2. The predicted octanol–water partition coefficient (Wildman–Crippen LogP) is 2.74. The van der Waals surface area contributed by atoms with E-state index in [1.54, 1.807) is 23.0 Å². The second-order valence-corrected chi connectivity index (χ2v) is 9.54. The normalized spacial score (nSPS) is 24.8. The van der Waals surface area contributed by atoms with Crippen molar-refractivity contribution in [3.63, 3.8) is 0 Å². The Morgan fingerprint density at radius 3 is 2.40 bits per heavy atom. The fourth-order valence-corrected chi connectivity index (χ4v) is 4.51. The molecule has 2 aliphatic rings. The van der Waals surface area contributed by atoms with Crippen LogP contribution in [-0.2, 0) is 16.5 Å². The first-order valence-electron chi connectivity index (χ1n) is 10.6. The lowest BCUT2D eigenvalue weighted by Gasteiger charge is -2.25. The molecule has 0 spiro atoms. The van der Waals surface area contributed by atoms with Gasteiger partial charge in [0.2, 0.25) is 0 Å². The van der Waals surface area contributed by atoms with Gasteiger partial charge >= 0.3 is 6.09 Å². The van der Waals surface area contributed by atoms with E-state index in [1.807, 2.05) is 39.6 Å². The smallest absolute Gasteiger partial charge is 0.410 e. The van der Waals surface area contributed by atoms with Crippen LogP contribution in [0, 0.1) is 24.7 Å². The Labute approximate surface area is 178 Å². The van der Waals surface area contributed by atoms with Crippen LogP contribution >= 0.6 is 0 Å². The minimum absolute atomic E-state index is 0.204. The second kappa shape index (κ2) is 8.62. The van der Waals surface area contributed by atoms with Crippen LogP contribution in [0.25, 0.3) is 5.70 Å². The van der Waals surface area contributed by atoms with Crippen molar-refractivity contribution < 1.29 is 14.3 Å². The molecule has 8 nitrogen and oxygen atoms in total. The van der Waals surface area contributed by atoms with E-state index in [2.05, 4.69) is 5.10 Å². The molecule has 3 rings (SSSR count). The first kappa shape index (κ1) is 22.1. The molecule has 1 aromatic rings. The van der Waals surface area contributed by atoms with Crippen molar-refractivity contribution >= 4 is 11.8 Å². The molecule has 1 aliphatic carbocycles. The van der Waals surface area contributed by atoms with E-state index in [1.165, 1.54) is 0 Å². The topological polar surface area (TPSA) is 109 Å². The summed E-state index contributed by atoms with van der Waals surface area (Å²) in [4.78, 5) is 14.1. The zero-order valence-corrected chi connectivity index (χ0v) is 18.7. The molecule has 1 saturated carbocycles. The third kappa shape index (κ3) is 5.29. The van der Waals surface area contributed by atoms with Crippen molar-refractivity contribution in [3.05, 3.63) is 35.5 Å². The lowest BCUT2D eigenvalue weighted by Crippen LogP contribution is -2.36. The van der Waals surface area contributed by atoms with Crippen LogP contribution in [0.5, 0.6) is 0 Å². The van der Waals surface area contributed by atoms with E-state index >= 15 is 0 Å². The lowest BCUT2D eigenvalue weighted by molar-refractivity contribution is 0.0275. The van der Waals surface area contributed by atoms with E-state index in [0.717, 1.165) is 37.2 Å². The molecule has 166 valence electrons. The van der Waals surface area contributed by atoms with Crippen molar-refractivity contribution in [2.45, 2.75) is 46.1 Å². The van der Waals surface area contributed by atoms with Gasteiger partial charge in [-0.15, -0.1) is 0 Å². The van der Waals surface area contributed by atoms with Crippen molar-refractivity contribution in [2.75, 3.05) is 19.7 Å². The Morgan fingerprint density at radius 2 is 1.87 bits per heavy atom. The molecule has 8 heteroatoms. The van der Waals surface area contributed by atoms with Crippen molar-refractivity contribution in [2.24, 2.45) is 36.3 Å². The maximum atomic E-state index is 12.3. The predicted molar refractivity (Wildman–Crippen MR) is 116 cm³/mol. The number of allylic oxidation sites excluding steroid dienone is 2. The molecule has 2 unspecified atom stereocenters. The summed E-state index contributed by atoms with van der Waals surface area (Å²) >= 11 is 0. The van der Waals surface area contributed by atoms with Crippen molar-refractivity contribution in [1.82, 2.24) is 14.7 Å². The Hall–Kier alpha value is -2.64. The Bertz CT molecular complexity index is 803. The van der Waals surface area contributed by atoms with E-state index in [9.17, 15) is 4.79 Å². The van der Waals surface area contributed by atoms with Crippen molar-refractivity contribution in [3.8, 4) is 0 Å². The zero-order chi connectivity index (χ0) is 22.1. The van der Waals surface area contributed by atoms with Gasteiger partial charge in [-0.2, -0.15) is 5.10 Å². The van der Waals surface area contributed by atoms with Gasteiger partial charge in [0.1, 0.15) is 5.60 Å². The maximum absolute atomic E-state index is 12.3. The fourth-order valence-electron chi connectivity index (χ4n) is 4.51. The maximum Gasteiger partial charge on any atom is 0.410 e. The van der Waals surface area contributed by atoms with E-state index < -0.39 is 5.60 Å². The van der Waals surface area contributed by atoms with E-state index in [4.69, 9.17) is 20.9 Å². The molecule has 1 amide bonds. The van der Waals surface area contributed by atoms with Crippen LogP contribution in [0.4, 0.5) is 4.79 Å². The summed E-state index contributed by atoms with van der Waals surface area (Å²) in [5.41, 5.74) is 14.2. The minimum Gasteiger partial charge on any atom is -0.479 e. The summed E-state index contributed by atoms with van der Waals surface area (Å²) < 4.78 is 13.0. The number of likely N-dealkylation sites (tertiary alicyclic amines) is 1. The number of hydrogen-bond donors (Lipinski definition) is 2. The van der Waals surface area contributed by atoms with Gasteiger partial charge in [-0.25, -0.2) is 4.79 Å². The van der Waals surface area contributed by atoms with Gasteiger partial charge in [-0.3, -0.25) is 4.68 Å². The van der Waals surface area contributed by atoms with Gasteiger partial charge in [-0.05, 0) is 76.0 Å². The number of rotatable bonds is 5. The highest BCUT2D eigenvalue weighted by Gasteiger charge is 2.43. The van der Waals surface area contributed by atoms with Gasteiger partial charge in [0.25, 0.3) is 0 Å². The highest BCUT2D eigenvalue weighted by molar-refractivity contribution is 5.68. The average molecular weight is 418 g/mol. The molecule has 2 fully saturated rings. The van der Waals surface area contributed by atoms with Crippen LogP contribution in [0.1, 0.15) is 44.9 Å². The van der Waals surface area contributed by atoms with Crippen LogP contribution in [-0.4, -0.2) is 46.1 Å². The number of carbonyl (C=O) groups excluding carboxylic acids is 1. The number of hydrogen-bond acceptors (Lipinski definition) is 6. The third-order valence-electron chi connectivity index (χ3n) is 5.81. The summed E-state index contributed by atoms with van der Waals surface area (Å²) in [5, 5.41) is 4.19. The summed E-state index contributed by atoms with van der Waals surface area (Å²) in [6.45, 7) is 9.78. The number of nitrogens with two attached hydrogens (primary N) is 2. The van der Waals surface area contributed by atoms with Crippen molar-refractivity contribution in [1.29, 1.82) is 0 Å². The summed E-state index contributed by atoms with van der Waals surface area (Å²) in [6, 6.07) is 0. The van der Waals surface area contributed by atoms with Crippen LogP contribution in [0.3, 0.4) is 0 Å². The number of fused-ring (bicyclic) bond motifs is 1. The van der Waals surface area contributed by atoms with E-state index in [0.29, 0.717) is 35.9 Å². The number of amides is 1. The zero-order valence-electron chi connectivity index (χ0n) is 18.7. The highest BCUT2D eigenvalue weighted by Crippen LogP contribution is 2.42. The molecule has 1 aliphatic heterocycles. The number of aromatic nitrogens is 2.